The quantitative estimate of drug-likeness (QED) is 0.0270. The summed E-state index contributed by atoms with van der Waals surface area (Å²) in [7, 11) is 0. The Bertz CT molecular complexity index is 1050. The van der Waals surface area contributed by atoms with Gasteiger partial charge in [0.2, 0.25) is 0 Å². The molecule has 6 nitrogen and oxygen atoms in total. The number of esters is 3. The van der Waals surface area contributed by atoms with Gasteiger partial charge in [0.15, 0.2) is 6.10 Å². The molecule has 0 rings (SSSR count). The summed E-state index contributed by atoms with van der Waals surface area (Å²) >= 11 is 0. The van der Waals surface area contributed by atoms with E-state index in [-0.39, 0.29) is 37.5 Å². The molecule has 0 aliphatic carbocycles. The summed E-state index contributed by atoms with van der Waals surface area (Å²) in [4.78, 5) is 37.6. The van der Waals surface area contributed by atoms with Crippen LogP contribution < -0.4 is 0 Å². The van der Waals surface area contributed by atoms with E-state index in [1.165, 1.54) is 51.4 Å². The summed E-state index contributed by atoms with van der Waals surface area (Å²) in [6.07, 6.45) is 51.8. The first-order valence-electron chi connectivity index (χ1n) is 21.9. The third-order valence-corrected chi connectivity index (χ3v) is 8.95. The van der Waals surface area contributed by atoms with E-state index >= 15 is 0 Å². The molecule has 0 spiro atoms. The van der Waals surface area contributed by atoms with Crippen LogP contribution in [-0.4, -0.2) is 37.2 Å². The van der Waals surface area contributed by atoms with Gasteiger partial charge in [-0.25, -0.2) is 0 Å². The van der Waals surface area contributed by atoms with Crippen molar-refractivity contribution in [2.24, 2.45) is 0 Å². The standard InChI is InChI=1S/C48H80O6/c1-4-7-10-13-16-19-21-22-23-24-25-26-27-30-32-35-38-41-47(50)53-44-45(43-52-46(49)40-37-34-31-28-18-15-12-9-6-3)54-48(51)42-39-36-33-29-20-17-14-11-8-5-2/h7,10,14,16-17,19,22-23,25-26,30,32,45H,4-6,8-9,11-13,15,18,20-21,24,27-29,31,33-44H2,1-3H3/b10-7-,17-14-,19-16-,23-22-,26-25-,32-30-. The molecule has 1 unspecified atom stereocenters. The highest BCUT2D eigenvalue weighted by Gasteiger charge is 2.19. The van der Waals surface area contributed by atoms with Gasteiger partial charge in [-0.05, 0) is 77.0 Å². The molecular formula is C48H80O6. The predicted octanol–water partition coefficient (Wildman–Crippen LogP) is 13.9. The van der Waals surface area contributed by atoms with Gasteiger partial charge in [-0.3, -0.25) is 14.4 Å². The molecule has 0 aliphatic rings. The molecule has 54 heavy (non-hydrogen) atoms. The lowest BCUT2D eigenvalue weighted by Crippen LogP contribution is -2.30. The molecule has 0 saturated heterocycles. The van der Waals surface area contributed by atoms with Crippen LogP contribution in [0.4, 0.5) is 0 Å². The monoisotopic (exact) mass is 753 g/mol. The van der Waals surface area contributed by atoms with Crippen LogP contribution in [0.25, 0.3) is 0 Å². The number of carbonyl (C=O) groups is 3. The van der Waals surface area contributed by atoms with Gasteiger partial charge < -0.3 is 14.2 Å². The molecule has 0 N–H and O–H groups in total. The Hall–Kier alpha value is -3.15. The van der Waals surface area contributed by atoms with Crippen molar-refractivity contribution >= 4 is 17.9 Å². The SMILES string of the molecule is CC/C=C\C/C=C\C/C=C\C/C=C\C/C=C\CCCC(=O)OCC(COC(=O)CCCCCCCCCCC)OC(=O)CCCCCC/C=C\CCCC. The predicted molar refractivity (Wildman–Crippen MR) is 228 cm³/mol. The van der Waals surface area contributed by atoms with Gasteiger partial charge in [0, 0.05) is 19.3 Å². The van der Waals surface area contributed by atoms with E-state index in [0.29, 0.717) is 19.3 Å². The summed E-state index contributed by atoms with van der Waals surface area (Å²) in [5, 5.41) is 0. The first-order chi connectivity index (χ1) is 26.5. The molecule has 0 aromatic rings. The van der Waals surface area contributed by atoms with Crippen molar-refractivity contribution in [3.05, 3.63) is 72.9 Å². The van der Waals surface area contributed by atoms with Crippen molar-refractivity contribution in [3.8, 4) is 0 Å². The maximum atomic E-state index is 12.6. The van der Waals surface area contributed by atoms with Gasteiger partial charge in [-0.2, -0.15) is 0 Å². The average Bonchev–Trinajstić information content (AvgIpc) is 3.17. The molecule has 1 atom stereocenters. The van der Waals surface area contributed by atoms with Crippen molar-refractivity contribution in [3.63, 3.8) is 0 Å². The highest BCUT2D eigenvalue weighted by Crippen LogP contribution is 2.12. The normalized spacial score (nSPS) is 12.7. The van der Waals surface area contributed by atoms with Crippen LogP contribution in [0, 0.1) is 0 Å². The smallest absolute Gasteiger partial charge is 0.306 e. The number of allylic oxidation sites excluding steroid dienone is 12. The molecule has 0 amide bonds. The molecular weight excluding hydrogens is 673 g/mol. The highest BCUT2D eigenvalue weighted by atomic mass is 16.6. The molecule has 0 saturated carbocycles. The Morgan fingerprint density at radius 1 is 0.389 bits per heavy atom. The second-order valence-electron chi connectivity index (χ2n) is 14.2. The summed E-state index contributed by atoms with van der Waals surface area (Å²) in [5.41, 5.74) is 0. The van der Waals surface area contributed by atoms with E-state index in [0.717, 1.165) is 96.3 Å². The fraction of sp³-hybridized carbons (Fsp3) is 0.688. The minimum Gasteiger partial charge on any atom is -0.462 e. The largest absolute Gasteiger partial charge is 0.462 e. The summed E-state index contributed by atoms with van der Waals surface area (Å²) in [6.45, 7) is 6.37. The fourth-order valence-electron chi connectivity index (χ4n) is 5.63. The Balaban J connectivity index is 4.45. The van der Waals surface area contributed by atoms with Crippen LogP contribution in [0.2, 0.25) is 0 Å². The third-order valence-electron chi connectivity index (χ3n) is 8.95. The van der Waals surface area contributed by atoms with Crippen LogP contribution in [-0.2, 0) is 28.6 Å². The van der Waals surface area contributed by atoms with Gasteiger partial charge in [-0.1, -0.05) is 171 Å². The van der Waals surface area contributed by atoms with E-state index in [9.17, 15) is 14.4 Å². The maximum absolute atomic E-state index is 12.6. The Labute approximate surface area is 332 Å². The Morgan fingerprint density at radius 2 is 0.759 bits per heavy atom. The van der Waals surface area contributed by atoms with Crippen LogP contribution in [0.5, 0.6) is 0 Å². The molecule has 0 heterocycles. The van der Waals surface area contributed by atoms with Gasteiger partial charge in [0.05, 0.1) is 0 Å². The Morgan fingerprint density at radius 3 is 1.28 bits per heavy atom. The molecule has 0 aliphatic heterocycles. The Kier molecular flexibility index (Phi) is 40.1. The van der Waals surface area contributed by atoms with E-state index in [1.54, 1.807) is 0 Å². The van der Waals surface area contributed by atoms with Gasteiger partial charge in [0.25, 0.3) is 0 Å². The first kappa shape index (κ1) is 50.9. The molecule has 0 bridgehead atoms. The number of ether oxygens (including phenoxy) is 3. The van der Waals surface area contributed by atoms with Gasteiger partial charge >= 0.3 is 17.9 Å². The van der Waals surface area contributed by atoms with Crippen LogP contribution in [0.1, 0.15) is 194 Å². The van der Waals surface area contributed by atoms with E-state index < -0.39 is 6.10 Å². The molecule has 6 heteroatoms. The number of hydrogen-bond acceptors (Lipinski definition) is 6. The third kappa shape index (κ3) is 40.0. The lowest BCUT2D eigenvalue weighted by molar-refractivity contribution is -0.167. The zero-order valence-electron chi connectivity index (χ0n) is 35.0. The summed E-state index contributed by atoms with van der Waals surface area (Å²) in [6, 6.07) is 0. The first-order valence-corrected chi connectivity index (χ1v) is 21.9. The number of hydrogen-bond donors (Lipinski definition) is 0. The fourth-order valence-corrected chi connectivity index (χ4v) is 5.63. The van der Waals surface area contributed by atoms with Gasteiger partial charge in [0.1, 0.15) is 13.2 Å². The average molecular weight is 753 g/mol. The molecule has 308 valence electrons. The lowest BCUT2D eigenvalue weighted by Gasteiger charge is -2.18. The molecule has 0 fully saturated rings. The number of rotatable bonds is 38. The number of carbonyl (C=O) groups excluding carboxylic acids is 3. The van der Waals surface area contributed by atoms with Gasteiger partial charge in [-0.15, -0.1) is 0 Å². The van der Waals surface area contributed by atoms with Crippen molar-refractivity contribution in [2.45, 2.75) is 200 Å². The topological polar surface area (TPSA) is 78.9 Å². The van der Waals surface area contributed by atoms with Crippen molar-refractivity contribution in [1.29, 1.82) is 0 Å². The maximum Gasteiger partial charge on any atom is 0.306 e. The van der Waals surface area contributed by atoms with Crippen LogP contribution in [0.3, 0.4) is 0 Å². The molecule has 0 aromatic carbocycles. The van der Waals surface area contributed by atoms with E-state index in [1.807, 2.05) is 0 Å². The highest BCUT2D eigenvalue weighted by molar-refractivity contribution is 5.71. The second-order valence-corrected chi connectivity index (χ2v) is 14.2. The van der Waals surface area contributed by atoms with Crippen molar-refractivity contribution in [1.82, 2.24) is 0 Å². The van der Waals surface area contributed by atoms with Crippen molar-refractivity contribution in [2.75, 3.05) is 13.2 Å². The lowest BCUT2D eigenvalue weighted by atomic mass is 10.1. The van der Waals surface area contributed by atoms with E-state index in [2.05, 4.69) is 93.7 Å². The van der Waals surface area contributed by atoms with Crippen LogP contribution in [0.15, 0.2) is 72.9 Å². The summed E-state index contributed by atoms with van der Waals surface area (Å²) < 4.78 is 16.6. The van der Waals surface area contributed by atoms with Crippen molar-refractivity contribution < 1.29 is 28.6 Å². The number of unbranched alkanes of at least 4 members (excludes halogenated alkanes) is 15. The zero-order chi connectivity index (χ0) is 39.4. The molecule has 0 aromatic heterocycles. The van der Waals surface area contributed by atoms with Crippen LogP contribution >= 0.6 is 0 Å². The zero-order valence-corrected chi connectivity index (χ0v) is 35.0. The second kappa shape index (κ2) is 42.6. The minimum absolute atomic E-state index is 0.0975. The minimum atomic E-state index is -0.798. The summed E-state index contributed by atoms with van der Waals surface area (Å²) in [5.74, 6) is -0.983. The molecule has 0 radical (unpaired) electrons. The van der Waals surface area contributed by atoms with E-state index in [4.69, 9.17) is 14.2 Å².